The van der Waals surface area contributed by atoms with Crippen LogP contribution >= 0.6 is 0 Å². The zero-order valence-electron chi connectivity index (χ0n) is 11.2. The molecule has 19 heavy (non-hydrogen) atoms. The molecule has 0 bridgehead atoms. The van der Waals surface area contributed by atoms with Crippen molar-refractivity contribution in [2.75, 3.05) is 5.32 Å². The average molecular weight is 259 g/mol. The number of carbonyl (C=O) groups excluding carboxylic acids is 1. The van der Waals surface area contributed by atoms with Crippen LogP contribution in [0, 0.1) is 6.92 Å². The van der Waals surface area contributed by atoms with E-state index in [4.69, 9.17) is 4.42 Å². The minimum Gasteiger partial charge on any atom is -0.423 e. The Labute approximate surface area is 111 Å². The Hall–Kier alpha value is -2.10. The molecule has 1 aromatic carbocycles. The number of hydrogen-bond acceptors (Lipinski definition) is 3. The van der Waals surface area contributed by atoms with Crippen molar-refractivity contribution in [2.45, 2.75) is 33.1 Å². The molecule has 1 aromatic heterocycles. The summed E-state index contributed by atoms with van der Waals surface area (Å²) >= 11 is 0. The van der Waals surface area contributed by atoms with Crippen molar-refractivity contribution < 1.29 is 9.21 Å². The lowest BCUT2D eigenvalue weighted by Crippen LogP contribution is -2.11. The van der Waals surface area contributed by atoms with Crippen molar-refractivity contribution in [1.29, 1.82) is 0 Å². The number of hydrogen-bond donors (Lipinski definition) is 1. The van der Waals surface area contributed by atoms with Gasteiger partial charge in [-0.2, -0.15) is 0 Å². The van der Waals surface area contributed by atoms with Crippen LogP contribution < -0.4 is 10.9 Å². The molecule has 1 amide bonds. The molecular formula is C15H17NO3. The molecule has 0 aliphatic carbocycles. The normalized spacial score (nSPS) is 10.6. The fourth-order valence-corrected chi connectivity index (χ4v) is 1.96. The van der Waals surface area contributed by atoms with Gasteiger partial charge >= 0.3 is 5.63 Å². The largest absolute Gasteiger partial charge is 0.423 e. The zero-order valence-corrected chi connectivity index (χ0v) is 11.2. The highest BCUT2D eigenvalue weighted by Crippen LogP contribution is 2.20. The predicted octanol–water partition coefficient (Wildman–Crippen LogP) is 3.23. The number of amides is 1. The number of aryl methyl sites for hydroxylation is 1. The van der Waals surface area contributed by atoms with Gasteiger partial charge in [-0.15, -0.1) is 0 Å². The van der Waals surface area contributed by atoms with E-state index in [-0.39, 0.29) is 11.5 Å². The third-order valence-corrected chi connectivity index (χ3v) is 2.99. The van der Waals surface area contributed by atoms with Gasteiger partial charge in [0.1, 0.15) is 5.58 Å². The average Bonchev–Trinajstić information content (AvgIpc) is 2.35. The quantitative estimate of drug-likeness (QED) is 0.857. The van der Waals surface area contributed by atoms with Crippen molar-refractivity contribution in [3.05, 3.63) is 40.2 Å². The number of nitrogens with one attached hydrogen (secondary N) is 1. The fourth-order valence-electron chi connectivity index (χ4n) is 1.96. The SMILES string of the molecule is CCCCC(=O)Nc1ccc2c(C)cc(=O)oc2c1. The van der Waals surface area contributed by atoms with Gasteiger partial charge < -0.3 is 9.73 Å². The van der Waals surface area contributed by atoms with E-state index in [1.54, 1.807) is 6.07 Å². The lowest BCUT2D eigenvalue weighted by atomic mass is 10.1. The zero-order chi connectivity index (χ0) is 13.8. The van der Waals surface area contributed by atoms with Gasteiger partial charge in [-0.05, 0) is 31.0 Å². The lowest BCUT2D eigenvalue weighted by Gasteiger charge is -2.06. The molecule has 0 aliphatic rings. The first-order chi connectivity index (χ1) is 9.10. The summed E-state index contributed by atoms with van der Waals surface area (Å²) in [6, 6.07) is 6.82. The second kappa shape index (κ2) is 5.69. The third-order valence-electron chi connectivity index (χ3n) is 2.99. The number of carbonyl (C=O) groups is 1. The molecule has 1 heterocycles. The summed E-state index contributed by atoms with van der Waals surface area (Å²) in [7, 11) is 0. The minimum absolute atomic E-state index is 0.0174. The van der Waals surface area contributed by atoms with Crippen LogP contribution in [0.25, 0.3) is 11.0 Å². The monoisotopic (exact) mass is 259 g/mol. The summed E-state index contributed by atoms with van der Waals surface area (Å²) in [5, 5.41) is 3.69. The van der Waals surface area contributed by atoms with E-state index in [2.05, 4.69) is 5.32 Å². The van der Waals surface area contributed by atoms with Crippen LogP contribution in [0.15, 0.2) is 33.5 Å². The summed E-state index contributed by atoms with van der Waals surface area (Å²) in [5.41, 5.74) is 1.65. The van der Waals surface area contributed by atoms with Crippen LogP contribution in [0.2, 0.25) is 0 Å². The maximum Gasteiger partial charge on any atom is 0.336 e. The molecule has 4 nitrogen and oxygen atoms in total. The maximum absolute atomic E-state index is 11.6. The molecule has 4 heteroatoms. The molecule has 1 N–H and O–H groups in total. The van der Waals surface area contributed by atoms with E-state index in [1.165, 1.54) is 6.07 Å². The Morgan fingerprint density at radius 3 is 2.84 bits per heavy atom. The van der Waals surface area contributed by atoms with Gasteiger partial charge in [-0.3, -0.25) is 4.79 Å². The molecule has 0 aliphatic heterocycles. The lowest BCUT2D eigenvalue weighted by molar-refractivity contribution is -0.116. The Kier molecular flexibility index (Phi) is 4.00. The Morgan fingerprint density at radius 2 is 2.11 bits per heavy atom. The van der Waals surface area contributed by atoms with Crippen LogP contribution in [-0.4, -0.2) is 5.91 Å². The molecule has 2 rings (SSSR count). The van der Waals surface area contributed by atoms with Gasteiger partial charge in [-0.25, -0.2) is 4.79 Å². The van der Waals surface area contributed by atoms with E-state index in [9.17, 15) is 9.59 Å². The number of unbranched alkanes of at least 4 members (excludes halogenated alkanes) is 1. The molecule has 0 saturated heterocycles. The predicted molar refractivity (Wildman–Crippen MR) is 75.4 cm³/mol. The molecule has 100 valence electrons. The molecule has 0 fully saturated rings. The summed E-state index contributed by atoms with van der Waals surface area (Å²) in [6.07, 6.45) is 2.36. The second-order valence-electron chi connectivity index (χ2n) is 4.61. The third kappa shape index (κ3) is 3.22. The highest BCUT2D eigenvalue weighted by atomic mass is 16.4. The van der Waals surface area contributed by atoms with Crippen molar-refractivity contribution in [3.63, 3.8) is 0 Å². The fraction of sp³-hybridized carbons (Fsp3) is 0.333. The van der Waals surface area contributed by atoms with E-state index in [1.807, 2.05) is 26.0 Å². The number of rotatable bonds is 4. The summed E-state index contributed by atoms with van der Waals surface area (Å²) < 4.78 is 5.14. The number of anilines is 1. The van der Waals surface area contributed by atoms with Crippen LogP contribution in [0.5, 0.6) is 0 Å². The molecule has 0 spiro atoms. The summed E-state index contributed by atoms with van der Waals surface area (Å²) in [6.45, 7) is 3.90. The van der Waals surface area contributed by atoms with Gasteiger partial charge in [-0.1, -0.05) is 13.3 Å². The first kappa shape index (κ1) is 13.3. The molecule has 2 aromatic rings. The van der Waals surface area contributed by atoms with Gasteiger partial charge in [0, 0.05) is 29.6 Å². The molecular weight excluding hydrogens is 242 g/mol. The number of benzene rings is 1. The first-order valence-corrected chi connectivity index (χ1v) is 6.44. The smallest absolute Gasteiger partial charge is 0.336 e. The standard InChI is InChI=1S/C15H17NO3/c1-3-4-5-14(17)16-11-6-7-12-10(2)8-15(18)19-13(12)9-11/h6-9H,3-5H2,1-2H3,(H,16,17). The van der Waals surface area contributed by atoms with Crippen molar-refractivity contribution in [2.24, 2.45) is 0 Å². The molecule has 0 saturated carbocycles. The Bertz CT molecular complexity index is 658. The van der Waals surface area contributed by atoms with Gasteiger partial charge in [0.05, 0.1) is 0 Å². The highest BCUT2D eigenvalue weighted by molar-refractivity contribution is 5.93. The van der Waals surface area contributed by atoms with Gasteiger partial charge in [0.15, 0.2) is 0 Å². The molecule has 0 radical (unpaired) electrons. The highest BCUT2D eigenvalue weighted by Gasteiger charge is 2.05. The van der Waals surface area contributed by atoms with E-state index in [0.29, 0.717) is 17.7 Å². The number of fused-ring (bicyclic) bond motifs is 1. The molecule has 0 unspecified atom stereocenters. The van der Waals surface area contributed by atoms with E-state index in [0.717, 1.165) is 23.8 Å². The summed E-state index contributed by atoms with van der Waals surface area (Å²) in [4.78, 5) is 23.0. The van der Waals surface area contributed by atoms with Crippen LogP contribution in [0.1, 0.15) is 31.7 Å². The van der Waals surface area contributed by atoms with E-state index >= 15 is 0 Å². The van der Waals surface area contributed by atoms with E-state index < -0.39 is 0 Å². The topological polar surface area (TPSA) is 59.3 Å². The first-order valence-electron chi connectivity index (χ1n) is 6.44. The Morgan fingerprint density at radius 1 is 1.32 bits per heavy atom. The van der Waals surface area contributed by atoms with Crippen LogP contribution in [0.3, 0.4) is 0 Å². The van der Waals surface area contributed by atoms with Gasteiger partial charge in [0.25, 0.3) is 0 Å². The van der Waals surface area contributed by atoms with Crippen molar-refractivity contribution >= 4 is 22.6 Å². The van der Waals surface area contributed by atoms with Crippen LogP contribution in [-0.2, 0) is 4.79 Å². The second-order valence-corrected chi connectivity index (χ2v) is 4.61. The maximum atomic E-state index is 11.6. The summed E-state index contributed by atoms with van der Waals surface area (Å²) in [5.74, 6) is -0.0174. The van der Waals surface area contributed by atoms with Crippen molar-refractivity contribution in [1.82, 2.24) is 0 Å². The molecule has 0 atom stereocenters. The van der Waals surface area contributed by atoms with Crippen LogP contribution in [0.4, 0.5) is 5.69 Å². The van der Waals surface area contributed by atoms with Gasteiger partial charge in [0.2, 0.25) is 5.91 Å². The Balaban J connectivity index is 2.26. The minimum atomic E-state index is -0.376. The van der Waals surface area contributed by atoms with Crippen molar-refractivity contribution in [3.8, 4) is 0 Å².